The van der Waals surface area contributed by atoms with Gasteiger partial charge in [-0.25, -0.2) is 19.6 Å². The molecule has 0 atom stereocenters. The summed E-state index contributed by atoms with van der Waals surface area (Å²) in [7, 11) is 0. The van der Waals surface area contributed by atoms with Crippen molar-refractivity contribution in [3.63, 3.8) is 0 Å². The Morgan fingerprint density at radius 1 is 1.12 bits per heavy atom. The van der Waals surface area contributed by atoms with Crippen molar-refractivity contribution in [2.75, 3.05) is 5.32 Å². The first-order valence-electron chi connectivity index (χ1n) is 10.1. The van der Waals surface area contributed by atoms with Crippen molar-refractivity contribution in [1.29, 1.82) is 5.26 Å². The van der Waals surface area contributed by atoms with Gasteiger partial charge in [0.25, 0.3) is 0 Å². The van der Waals surface area contributed by atoms with E-state index in [4.69, 9.17) is 0 Å². The van der Waals surface area contributed by atoms with Crippen LogP contribution in [0.3, 0.4) is 0 Å². The quantitative estimate of drug-likeness (QED) is 0.393. The zero-order valence-electron chi connectivity index (χ0n) is 17.4. The summed E-state index contributed by atoms with van der Waals surface area (Å²) in [6.45, 7) is 0.401. The van der Waals surface area contributed by atoms with Gasteiger partial charge in [0.1, 0.15) is 11.7 Å². The number of aromatic nitrogens is 6. The van der Waals surface area contributed by atoms with Crippen LogP contribution < -0.4 is 5.32 Å². The van der Waals surface area contributed by atoms with Crippen LogP contribution in [-0.4, -0.2) is 29.7 Å². The van der Waals surface area contributed by atoms with E-state index >= 15 is 0 Å². The first-order valence-corrected chi connectivity index (χ1v) is 10.1. The lowest BCUT2D eigenvalue weighted by Crippen LogP contribution is -2.06. The highest BCUT2D eigenvalue weighted by Gasteiger charge is 2.31. The summed E-state index contributed by atoms with van der Waals surface area (Å²) >= 11 is 0. The van der Waals surface area contributed by atoms with Crippen LogP contribution in [0.25, 0.3) is 28.0 Å². The Bertz CT molecular complexity index is 1500. The Hall–Kier alpha value is -4.72. The molecule has 0 saturated carbocycles. The maximum atomic E-state index is 13.2. The Kier molecular flexibility index (Phi) is 5.18. The van der Waals surface area contributed by atoms with Crippen LogP contribution >= 0.6 is 0 Å². The standard InChI is InChI=1S/C23H15F3N8/c24-23(25,26)16-8-18-19(13-29-21(18)28-12-16)20-15(9-27)11-31-22(33-20)30-10-14-2-4-17(5-3-14)34-7-1-6-32-34/h1-8,11-13H,10H2,(H,28,29)(H,30,31,33). The van der Waals surface area contributed by atoms with E-state index in [1.807, 2.05) is 42.6 Å². The highest BCUT2D eigenvalue weighted by atomic mass is 19.4. The minimum atomic E-state index is -4.54. The van der Waals surface area contributed by atoms with Gasteiger partial charge >= 0.3 is 6.18 Å². The minimum absolute atomic E-state index is 0.132. The average molecular weight is 460 g/mol. The number of aromatic amines is 1. The molecule has 0 radical (unpaired) electrons. The van der Waals surface area contributed by atoms with E-state index in [1.165, 1.54) is 12.4 Å². The lowest BCUT2D eigenvalue weighted by molar-refractivity contribution is -0.137. The van der Waals surface area contributed by atoms with Crippen molar-refractivity contribution in [2.45, 2.75) is 12.7 Å². The molecule has 5 rings (SSSR count). The smallest absolute Gasteiger partial charge is 0.350 e. The average Bonchev–Trinajstić information content (AvgIpc) is 3.52. The SMILES string of the molecule is N#Cc1cnc(NCc2ccc(-n3cccn3)cc2)nc1-c1c[nH]c2ncc(C(F)(F)F)cc12. The molecule has 0 aliphatic rings. The topological polar surface area (TPSA) is 108 Å². The number of rotatable bonds is 5. The minimum Gasteiger partial charge on any atom is -0.350 e. The number of hydrogen-bond donors (Lipinski definition) is 2. The van der Waals surface area contributed by atoms with Crippen LogP contribution in [0, 0.1) is 11.3 Å². The predicted molar refractivity (Wildman–Crippen MR) is 118 cm³/mol. The van der Waals surface area contributed by atoms with Gasteiger partial charge in [0.2, 0.25) is 5.95 Å². The monoisotopic (exact) mass is 460 g/mol. The van der Waals surface area contributed by atoms with Gasteiger partial charge in [-0.15, -0.1) is 0 Å². The number of alkyl halides is 3. The number of nitrogens with one attached hydrogen (secondary N) is 2. The van der Waals surface area contributed by atoms with Crippen molar-refractivity contribution in [3.05, 3.63) is 84.1 Å². The normalized spacial score (nSPS) is 11.5. The van der Waals surface area contributed by atoms with E-state index < -0.39 is 11.7 Å². The number of halogens is 3. The van der Waals surface area contributed by atoms with Gasteiger partial charge in [-0.1, -0.05) is 12.1 Å². The Morgan fingerprint density at radius 3 is 2.65 bits per heavy atom. The molecule has 0 aliphatic heterocycles. The molecule has 168 valence electrons. The molecule has 0 fully saturated rings. The predicted octanol–water partition coefficient (Wildman–Crippen LogP) is 4.71. The summed E-state index contributed by atoms with van der Waals surface area (Å²) in [5, 5.41) is 17.0. The van der Waals surface area contributed by atoms with Gasteiger partial charge < -0.3 is 10.3 Å². The molecular weight excluding hydrogens is 445 g/mol. The summed E-state index contributed by atoms with van der Waals surface area (Å²) in [6, 6.07) is 12.5. The van der Waals surface area contributed by atoms with Crippen LogP contribution in [0.4, 0.5) is 19.1 Å². The molecule has 4 heterocycles. The van der Waals surface area contributed by atoms with Crippen LogP contribution in [-0.2, 0) is 12.7 Å². The molecule has 11 heteroatoms. The van der Waals surface area contributed by atoms with Crippen LogP contribution in [0.5, 0.6) is 0 Å². The fraction of sp³-hybridized carbons (Fsp3) is 0.0870. The number of nitrogens with zero attached hydrogens (tertiary/aromatic N) is 6. The molecule has 0 bridgehead atoms. The third kappa shape index (κ3) is 4.04. The number of pyridine rings is 1. The molecule has 0 amide bonds. The Labute approximate surface area is 190 Å². The number of fused-ring (bicyclic) bond motifs is 1. The van der Waals surface area contributed by atoms with Crippen LogP contribution in [0.15, 0.2) is 67.4 Å². The largest absolute Gasteiger partial charge is 0.417 e. The van der Waals surface area contributed by atoms with Gasteiger partial charge in [0.05, 0.1) is 28.7 Å². The van der Waals surface area contributed by atoms with Crippen LogP contribution in [0.1, 0.15) is 16.7 Å². The third-order valence-corrected chi connectivity index (χ3v) is 5.18. The summed E-state index contributed by atoms with van der Waals surface area (Å²) in [5.74, 6) is 0.236. The molecule has 5 aromatic rings. The van der Waals surface area contributed by atoms with Gasteiger partial charge in [0, 0.05) is 42.3 Å². The zero-order valence-corrected chi connectivity index (χ0v) is 17.4. The molecule has 0 saturated heterocycles. The Balaban J connectivity index is 1.43. The lowest BCUT2D eigenvalue weighted by Gasteiger charge is -2.09. The molecular formula is C23H15F3N8. The highest BCUT2D eigenvalue weighted by molar-refractivity contribution is 5.94. The summed E-state index contributed by atoms with van der Waals surface area (Å²) in [4.78, 5) is 15.3. The second kappa shape index (κ2) is 8.32. The van der Waals surface area contributed by atoms with E-state index in [9.17, 15) is 18.4 Å². The molecule has 4 aromatic heterocycles. The summed E-state index contributed by atoms with van der Waals surface area (Å²) in [5.41, 5.74) is 1.92. The van der Waals surface area contributed by atoms with Crippen LogP contribution in [0.2, 0.25) is 0 Å². The number of hydrogen-bond acceptors (Lipinski definition) is 6. The van der Waals surface area contributed by atoms with Crippen molar-refractivity contribution >= 4 is 17.0 Å². The van der Waals surface area contributed by atoms with Crippen molar-refractivity contribution in [2.24, 2.45) is 0 Å². The van der Waals surface area contributed by atoms with E-state index in [1.54, 1.807) is 10.9 Å². The molecule has 1 aromatic carbocycles. The van der Waals surface area contributed by atoms with Gasteiger partial charge in [-0.3, -0.25) is 0 Å². The summed E-state index contributed by atoms with van der Waals surface area (Å²) in [6.07, 6.45) is 2.59. The van der Waals surface area contributed by atoms with Crippen molar-refractivity contribution < 1.29 is 13.2 Å². The van der Waals surface area contributed by atoms with E-state index in [2.05, 4.69) is 30.4 Å². The highest BCUT2D eigenvalue weighted by Crippen LogP contribution is 2.34. The Morgan fingerprint density at radius 2 is 1.94 bits per heavy atom. The van der Waals surface area contributed by atoms with Gasteiger partial charge in [-0.05, 0) is 29.8 Å². The number of benzene rings is 1. The summed E-state index contributed by atoms with van der Waals surface area (Å²) < 4.78 is 41.3. The third-order valence-electron chi connectivity index (χ3n) is 5.18. The van der Waals surface area contributed by atoms with Gasteiger partial charge in [-0.2, -0.15) is 23.5 Å². The van der Waals surface area contributed by atoms with Crippen molar-refractivity contribution in [3.8, 4) is 23.0 Å². The molecule has 8 nitrogen and oxygen atoms in total. The van der Waals surface area contributed by atoms with Crippen molar-refractivity contribution in [1.82, 2.24) is 29.7 Å². The first kappa shape index (κ1) is 21.1. The number of anilines is 1. The maximum Gasteiger partial charge on any atom is 0.417 e. The zero-order chi connectivity index (χ0) is 23.7. The molecule has 2 N–H and O–H groups in total. The number of H-pyrrole nitrogens is 1. The fourth-order valence-electron chi connectivity index (χ4n) is 3.48. The molecule has 0 unspecified atom stereocenters. The second-order valence-corrected chi connectivity index (χ2v) is 7.36. The van der Waals surface area contributed by atoms with E-state index in [0.717, 1.165) is 23.5 Å². The van der Waals surface area contributed by atoms with E-state index in [-0.39, 0.29) is 28.2 Å². The second-order valence-electron chi connectivity index (χ2n) is 7.36. The molecule has 34 heavy (non-hydrogen) atoms. The van der Waals surface area contributed by atoms with Gasteiger partial charge in [0.15, 0.2) is 0 Å². The molecule has 0 aliphatic carbocycles. The molecule has 0 spiro atoms. The lowest BCUT2D eigenvalue weighted by atomic mass is 10.1. The van der Waals surface area contributed by atoms with E-state index in [0.29, 0.717) is 12.1 Å². The maximum absolute atomic E-state index is 13.2. The number of nitriles is 1. The first-order chi connectivity index (χ1) is 16.4. The fourth-order valence-corrected chi connectivity index (χ4v) is 3.48.